The zero-order valence-electron chi connectivity index (χ0n) is 11.7. The summed E-state index contributed by atoms with van der Waals surface area (Å²) in [6, 6.07) is 11.7. The van der Waals surface area contributed by atoms with Crippen molar-refractivity contribution in [2.24, 2.45) is 0 Å². The average Bonchev–Trinajstić information content (AvgIpc) is 2.50. The van der Waals surface area contributed by atoms with Crippen molar-refractivity contribution in [1.29, 1.82) is 0 Å². The van der Waals surface area contributed by atoms with Crippen LogP contribution in [0, 0.1) is 0 Å². The first-order chi connectivity index (χ1) is 10.1. The fourth-order valence-electron chi connectivity index (χ4n) is 1.85. The highest BCUT2D eigenvalue weighted by molar-refractivity contribution is 5.89. The van der Waals surface area contributed by atoms with E-state index in [0.29, 0.717) is 23.5 Å². The molecule has 108 valence electrons. The van der Waals surface area contributed by atoms with E-state index in [9.17, 15) is 9.90 Å². The minimum Gasteiger partial charge on any atom is -0.508 e. The van der Waals surface area contributed by atoms with Gasteiger partial charge in [0.1, 0.15) is 17.2 Å². The summed E-state index contributed by atoms with van der Waals surface area (Å²) in [4.78, 5) is 11.3. The smallest absolute Gasteiger partial charge is 0.337 e. The number of ether oxygens (including phenoxy) is 2. The topological polar surface area (TPSA) is 55.8 Å². The molecule has 0 atom stereocenters. The predicted octanol–water partition coefficient (Wildman–Crippen LogP) is 3.70. The Kier molecular flexibility index (Phi) is 4.61. The van der Waals surface area contributed by atoms with Gasteiger partial charge in [-0.3, -0.25) is 0 Å². The Morgan fingerprint density at radius 2 is 1.86 bits per heavy atom. The lowest BCUT2D eigenvalue weighted by molar-refractivity contribution is 0.0600. The summed E-state index contributed by atoms with van der Waals surface area (Å²) in [5, 5.41) is 9.86. The molecule has 4 nitrogen and oxygen atoms in total. The van der Waals surface area contributed by atoms with Crippen LogP contribution in [0.4, 0.5) is 0 Å². The molecule has 0 unspecified atom stereocenters. The van der Waals surface area contributed by atoms with Gasteiger partial charge >= 0.3 is 5.97 Å². The van der Waals surface area contributed by atoms with Crippen molar-refractivity contribution in [2.75, 3.05) is 7.11 Å². The molecule has 0 radical (unpaired) electrons. The van der Waals surface area contributed by atoms with Crippen LogP contribution in [0.5, 0.6) is 17.2 Å². The Bertz CT molecular complexity index is 644. The van der Waals surface area contributed by atoms with E-state index in [0.717, 1.165) is 5.56 Å². The molecule has 0 heterocycles. The first kappa shape index (κ1) is 14.7. The molecule has 0 saturated carbocycles. The van der Waals surface area contributed by atoms with Gasteiger partial charge in [0.25, 0.3) is 0 Å². The Morgan fingerprint density at radius 3 is 2.43 bits per heavy atom. The highest BCUT2D eigenvalue weighted by Gasteiger charge is 2.06. The van der Waals surface area contributed by atoms with Crippen molar-refractivity contribution in [2.45, 2.75) is 6.42 Å². The summed E-state index contributed by atoms with van der Waals surface area (Å²) in [6.45, 7) is 3.64. The SMILES string of the molecule is C=CCc1ccc(Oc2ccc(C(=O)OC)cc2)cc1O. The zero-order valence-corrected chi connectivity index (χ0v) is 11.7. The fourth-order valence-corrected chi connectivity index (χ4v) is 1.85. The number of carbonyl (C=O) groups excluding carboxylic acids is 1. The van der Waals surface area contributed by atoms with Gasteiger partial charge in [-0.15, -0.1) is 6.58 Å². The first-order valence-corrected chi connectivity index (χ1v) is 6.43. The highest BCUT2D eigenvalue weighted by Crippen LogP contribution is 2.28. The number of benzene rings is 2. The van der Waals surface area contributed by atoms with Crippen LogP contribution >= 0.6 is 0 Å². The maximum Gasteiger partial charge on any atom is 0.337 e. The molecule has 1 N–H and O–H groups in total. The highest BCUT2D eigenvalue weighted by atomic mass is 16.5. The van der Waals surface area contributed by atoms with Gasteiger partial charge in [0.05, 0.1) is 12.7 Å². The van der Waals surface area contributed by atoms with Gasteiger partial charge in [-0.05, 0) is 42.3 Å². The molecule has 4 heteroatoms. The molecule has 0 spiro atoms. The Hall–Kier alpha value is -2.75. The first-order valence-electron chi connectivity index (χ1n) is 6.43. The zero-order chi connectivity index (χ0) is 15.2. The summed E-state index contributed by atoms with van der Waals surface area (Å²) in [6.07, 6.45) is 2.32. The number of hydrogen-bond donors (Lipinski definition) is 1. The molecule has 0 aliphatic carbocycles. The number of phenols is 1. The van der Waals surface area contributed by atoms with E-state index in [-0.39, 0.29) is 5.75 Å². The standard InChI is InChI=1S/C17H16O4/c1-3-4-12-5-10-15(11-16(12)18)21-14-8-6-13(7-9-14)17(19)20-2/h3,5-11,18H,1,4H2,2H3. The number of carbonyl (C=O) groups is 1. The molecule has 0 aliphatic rings. The van der Waals surface area contributed by atoms with E-state index in [1.807, 2.05) is 0 Å². The van der Waals surface area contributed by atoms with Gasteiger partial charge < -0.3 is 14.6 Å². The number of phenolic OH excluding ortho intramolecular Hbond substituents is 1. The van der Waals surface area contributed by atoms with Crippen molar-refractivity contribution in [3.05, 3.63) is 66.2 Å². The summed E-state index contributed by atoms with van der Waals surface area (Å²) < 4.78 is 10.2. The molecule has 0 saturated heterocycles. The maximum atomic E-state index is 11.3. The quantitative estimate of drug-likeness (QED) is 0.672. The summed E-state index contributed by atoms with van der Waals surface area (Å²) >= 11 is 0. The molecule has 0 aromatic heterocycles. The maximum absolute atomic E-state index is 11.3. The van der Waals surface area contributed by atoms with Crippen LogP contribution < -0.4 is 4.74 Å². The third kappa shape index (κ3) is 3.63. The van der Waals surface area contributed by atoms with E-state index >= 15 is 0 Å². The van der Waals surface area contributed by atoms with Crippen LogP contribution in [0.25, 0.3) is 0 Å². The van der Waals surface area contributed by atoms with E-state index in [2.05, 4.69) is 11.3 Å². The van der Waals surface area contributed by atoms with Crippen LogP contribution in [-0.4, -0.2) is 18.2 Å². The average molecular weight is 284 g/mol. The number of aromatic hydroxyl groups is 1. The second-order valence-corrected chi connectivity index (χ2v) is 4.40. The Balaban J connectivity index is 2.13. The minimum atomic E-state index is -0.395. The van der Waals surface area contributed by atoms with Crippen LogP contribution in [0.15, 0.2) is 55.1 Å². The van der Waals surface area contributed by atoms with Gasteiger partial charge in [0, 0.05) is 6.07 Å². The number of esters is 1. The van der Waals surface area contributed by atoms with Crippen molar-refractivity contribution < 1.29 is 19.4 Å². The van der Waals surface area contributed by atoms with Gasteiger partial charge in [-0.25, -0.2) is 4.79 Å². The van der Waals surface area contributed by atoms with Crippen LogP contribution in [0.3, 0.4) is 0 Å². The van der Waals surface area contributed by atoms with Crippen LogP contribution in [0.1, 0.15) is 15.9 Å². The van der Waals surface area contributed by atoms with Crippen LogP contribution in [0.2, 0.25) is 0 Å². The monoisotopic (exact) mass is 284 g/mol. The predicted molar refractivity (Wildman–Crippen MR) is 79.9 cm³/mol. The molecule has 2 rings (SSSR count). The molecular formula is C17H16O4. The largest absolute Gasteiger partial charge is 0.508 e. The van der Waals surface area contributed by atoms with Crippen molar-refractivity contribution in [3.63, 3.8) is 0 Å². The normalized spacial score (nSPS) is 9.95. The number of methoxy groups -OCH3 is 1. The summed E-state index contributed by atoms with van der Waals surface area (Å²) in [5.41, 5.74) is 1.24. The molecule has 2 aromatic rings. The molecular weight excluding hydrogens is 268 g/mol. The lowest BCUT2D eigenvalue weighted by atomic mass is 10.1. The van der Waals surface area contributed by atoms with Gasteiger partial charge in [-0.2, -0.15) is 0 Å². The number of rotatable bonds is 5. The molecule has 0 aliphatic heterocycles. The van der Waals surface area contributed by atoms with E-state index in [1.165, 1.54) is 7.11 Å². The van der Waals surface area contributed by atoms with Crippen molar-refractivity contribution in [3.8, 4) is 17.2 Å². The van der Waals surface area contributed by atoms with E-state index < -0.39 is 5.97 Å². The number of hydrogen-bond acceptors (Lipinski definition) is 4. The lowest BCUT2D eigenvalue weighted by Gasteiger charge is -2.08. The van der Waals surface area contributed by atoms with Gasteiger partial charge in [-0.1, -0.05) is 12.1 Å². The summed E-state index contributed by atoms with van der Waals surface area (Å²) in [5.74, 6) is 0.858. The van der Waals surface area contributed by atoms with Crippen LogP contribution in [-0.2, 0) is 11.2 Å². The molecule has 0 amide bonds. The van der Waals surface area contributed by atoms with Crippen molar-refractivity contribution >= 4 is 5.97 Å². The van der Waals surface area contributed by atoms with E-state index in [4.69, 9.17) is 4.74 Å². The second kappa shape index (κ2) is 6.61. The molecule has 2 aromatic carbocycles. The molecule has 0 fully saturated rings. The second-order valence-electron chi connectivity index (χ2n) is 4.40. The Morgan fingerprint density at radius 1 is 1.19 bits per heavy atom. The van der Waals surface area contributed by atoms with Gasteiger partial charge in [0.2, 0.25) is 0 Å². The Labute approximate surface area is 123 Å². The third-order valence-corrected chi connectivity index (χ3v) is 2.93. The fraction of sp³-hybridized carbons (Fsp3) is 0.118. The summed E-state index contributed by atoms with van der Waals surface area (Å²) in [7, 11) is 1.33. The third-order valence-electron chi connectivity index (χ3n) is 2.93. The minimum absolute atomic E-state index is 0.165. The molecule has 0 bridgehead atoms. The molecule has 21 heavy (non-hydrogen) atoms. The van der Waals surface area contributed by atoms with E-state index in [1.54, 1.807) is 48.5 Å². The number of allylic oxidation sites excluding steroid dienone is 1. The van der Waals surface area contributed by atoms with Gasteiger partial charge in [0.15, 0.2) is 0 Å². The lowest BCUT2D eigenvalue weighted by Crippen LogP contribution is -2.00. The van der Waals surface area contributed by atoms with Crippen molar-refractivity contribution in [1.82, 2.24) is 0 Å².